The molecular formula is C38H44FN3O5S. The van der Waals surface area contributed by atoms with Gasteiger partial charge in [0.1, 0.15) is 11.4 Å². The molecule has 2 atom stereocenters. The SMILES string of the molecule is CC(C)(C)OC(=O)N1CCN(S(=O)(=O)c2ccccc2)[C@@H](CCc2c(F)cccc2NCC(O)C(c2ccccc2)c2ccccc2)C1. The summed E-state index contributed by atoms with van der Waals surface area (Å²) < 4.78 is 50.1. The summed E-state index contributed by atoms with van der Waals surface area (Å²) >= 11 is 0. The zero-order valence-electron chi connectivity index (χ0n) is 27.6. The van der Waals surface area contributed by atoms with Crippen molar-refractivity contribution in [1.82, 2.24) is 9.21 Å². The van der Waals surface area contributed by atoms with E-state index in [-0.39, 0.29) is 49.8 Å². The Labute approximate surface area is 283 Å². The Hall–Kier alpha value is -4.25. The number of amides is 1. The van der Waals surface area contributed by atoms with Gasteiger partial charge >= 0.3 is 6.09 Å². The fourth-order valence-corrected chi connectivity index (χ4v) is 7.85. The van der Waals surface area contributed by atoms with Crippen LogP contribution in [0.2, 0.25) is 0 Å². The van der Waals surface area contributed by atoms with Gasteiger partial charge in [-0.25, -0.2) is 17.6 Å². The maximum Gasteiger partial charge on any atom is 0.410 e. The van der Waals surface area contributed by atoms with E-state index in [1.807, 2.05) is 60.7 Å². The molecule has 1 aliphatic heterocycles. The minimum Gasteiger partial charge on any atom is -0.444 e. The van der Waals surface area contributed by atoms with E-state index in [4.69, 9.17) is 4.74 Å². The van der Waals surface area contributed by atoms with Crippen LogP contribution in [-0.4, -0.2) is 72.7 Å². The zero-order valence-corrected chi connectivity index (χ0v) is 28.4. The monoisotopic (exact) mass is 673 g/mol. The number of anilines is 1. The van der Waals surface area contributed by atoms with Crippen LogP contribution in [0.3, 0.4) is 0 Å². The third-order valence-corrected chi connectivity index (χ3v) is 10.4. The Morgan fingerprint density at radius 3 is 2.06 bits per heavy atom. The van der Waals surface area contributed by atoms with Crippen LogP contribution in [0.25, 0.3) is 0 Å². The van der Waals surface area contributed by atoms with Crippen LogP contribution in [0.15, 0.2) is 114 Å². The largest absolute Gasteiger partial charge is 0.444 e. The number of aliphatic hydroxyl groups excluding tert-OH is 1. The number of hydrogen-bond acceptors (Lipinski definition) is 6. The lowest BCUT2D eigenvalue weighted by atomic mass is 9.86. The van der Waals surface area contributed by atoms with Gasteiger partial charge in [-0.2, -0.15) is 4.31 Å². The summed E-state index contributed by atoms with van der Waals surface area (Å²) in [6.07, 6.45) is -0.907. The topological polar surface area (TPSA) is 99.2 Å². The number of sulfonamides is 1. The second-order valence-electron chi connectivity index (χ2n) is 13.1. The van der Waals surface area contributed by atoms with Crippen molar-refractivity contribution in [3.05, 3.63) is 132 Å². The van der Waals surface area contributed by atoms with Crippen LogP contribution in [0.4, 0.5) is 14.9 Å². The molecule has 5 rings (SSSR count). The third kappa shape index (κ3) is 8.61. The fraction of sp³-hybridized carbons (Fsp3) is 0.342. The standard InChI is InChI=1S/C38H44FN3O5S/c1-38(2,3)47-37(44)41-24-25-42(48(45,46)31-18-11-6-12-19-31)30(27-41)22-23-32-33(39)20-13-21-34(32)40-26-35(43)36(28-14-7-4-8-15-28)29-16-9-5-10-17-29/h4-21,30,35-36,40,43H,22-27H2,1-3H3/t30-,35?/m0/s1. The summed E-state index contributed by atoms with van der Waals surface area (Å²) in [6, 6.07) is 31.8. The summed E-state index contributed by atoms with van der Waals surface area (Å²) in [4.78, 5) is 14.7. The van der Waals surface area contributed by atoms with Gasteiger partial charge in [0.15, 0.2) is 0 Å². The van der Waals surface area contributed by atoms with Crippen LogP contribution < -0.4 is 5.32 Å². The van der Waals surface area contributed by atoms with Crippen molar-refractivity contribution in [1.29, 1.82) is 0 Å². The lowest BCUT2D eigenvalue weighted by Gasteiger charge is -2.41. The first-order valence-electron chi connectivity index (χ1n) is 16.3. The normalized spacial score (nSPS) is 16.5. The second kappa shape index (κ2) is 15.3. The highest BCUT2D eigenvalue weighted by atomic mass is 32.2. The van der Waals surface area contributed by atoms with Gasteiger partial charge in [-0.05, 0) is 69.0 Å². The first-order valence-corrected chi connectivity index (χ1v) is 17.7. The number of aliphatic hydroxyl groups is 1. The van der Waals surface area contributed by atoms with Crippen molar-refractivity contribution >= 4 is 21.8 Å². The zero-order chi connectivity index (χ0) is 34.3. The molecular weight excluding hydrogens is 629 g/mol. The fourth-order valence-electron chi connectivity index (χ4n) is 6.19. The number of carbonyl (C=O) groups is 1. The molecule has 4 aromatic rings. The van der Waals surface area contributed by atoms with E-state index in [2.05, 4.69) is 5.32 Å². The Kier molecular flexibility index (Phi) is 11.2. The van der Waals surface area contributed by atoms with Crippen LogP contribution in [0, 0.1) is 5.82 Å². The van der Waals surface area contributed by atoms with E-state index in [0.29, 0.717) is 11.3 Å². The van der Waals surface area contributed by atoms with Crippen LogP contribution >= 0.6 is 0 Å². The van der Waals surface area contributed by atoms with Crippen molar-refractivity contribution < 1.29 is 27.4 Å². The van der Waals surface area contributed by atoms with Crippen LogP contribution in [-0.2, 0) is 21.2 Å². The van der Waals surface area contributed by atoms with Gasteiger partial charge in [0.25, 0.3) is 0 Å². The summed E-state index contributed by atoms with van der Waals surface area (Å²) in [7, 11) is -3.89. The molecule has 2 N–H and O–H groups in total. The molecule has 0 saturated carbocycles. The molecule has 10 heteroatoms. The summed E-state index contributed by atoms with van der Waals surface area (Å²) in [5, 5.41) is 14.8. The highest BCUT2D eigenvalue weighted by Crippen LogP contribution is 2.31. The molecule has 0 bridgehead atoms. The average molecular weight is 674 g/mol. The average Bonchev–Trinajstić information content (AvgIpc) is 3.07. The molecule has 254 valence electrons. The van der Waals surface area contributed by atoms with E-state index >= 15 is 4.39 Å². The van der Waals surface area contributed by atoms with Gasteiger partial charge < -0.3 is 20.1 Å². The summed E-state index contributed by atoms with van der Waals surface area (Å²) in [5.74, 6) is -0.746. The first-order chi connectivity index (χ1) is 22.9. The van der Waals surface area contributed by atoms with Gasteiger partial charge in [0.2, 0.25) is 10.0 Å². The summed E-state index contributed by atoms with van der Waals surface area (Å²) in [5.41, 5.74) is 2.12. The molecule has 1 fully saturated rings. The lowest BCUT2D eigenvalue weighted by Crippen LogP contribution is -2.57. The van der Waals surface area contributed by atoms with E-state index in [1.54, 1.807) is 63.2 Å². The molecule has 0 aromatic heterocycles. The minimum absolute atomic E-state index is 0.0794. The molecule has 1 unspecified atom stereocenters. The van der Waals surface area contributed by atoms with E-state index < -0.39 is 39.7 Å². The molecule has 0 spiro atoms. The molecule has 1 amide bonds. The number of rotatable bonds is 11. The third-order valence-electron chi connectivity index (χ3n) is 8.48. The number of benzene rings is 4. The predicted molar refractivity (Wildman–Crippen MR) is 186 cm³/mol. The molecule has 48 heavy (non-hydrogen) atoms. The van der Waals surface area contributed by atoms with E-state index in [9.17, 15) is 18.3 Å². The Balaban J connectivity index is 1.36. The number of ether oxygens (including phenoxy) is 1. The Morgan fingerprint density at radius 2 is 1.48 bits per heavy atom. The highest BCUT2D eigenvalue weighted by Gasteiger charge is 2.38. The molecule has 0 radical (unpaired) electrons. The first kappa shape index (κ1) is 35.1. The van der Waals surface area contributed by atoms with Crippen molar-refractivity contribution in [2.75, 3.05) is 31.5 Å². The number of piperazine rings is 1. The smallest absolute Gasteiger partial charge is 0.410 e. The van der Waals surface area contributed by atoms with Gasteiger partial charge in [-0.3, -0.25) is 0 Å². The molecule has 1 aliphatic rings. The van der Waals surface area contributed by atoms with E-state index in [0.717, 1.165) is 11.1 Å². The molecule has 1 heterocycles. The van der Waals surface area contributed by atoms with E-state index in [1.165, 1.54) is 15.3 Å². The maximum absolute atomic E-state index is 15.5. The molecule has 4 aromatic carbocycles. The molecule has 8 nitrogen and oxygen atoms in total. The number of nitrogens with zero attached hydrogens (tertiary/aromatic N) is 2. The van der Waals surface area contributed by atoms with Gasteiger partial charge in [-0.1, -0.05) is 84.9 Å². The second-order valence-corrected chi connectivity index (χ2v) is 15.0. The van der Waals surface area contributed by atoms with Crippen LogP contribution in [0.5, 0.6) is 0 Å². The van der Waals surface area contributed by atoms with Crippen LogP contribution in [0.1, 0.15) is 49.8 Å². The van der Waals surface area contributed by atoms with Gasteiger partial charge in [-0.15, -0.1) is 0 Å². The predicted octanol–water partition coefficient (Wildman–Crippen LogP) is 6.67. The minimum atomic E-state index is -3.89. The Bertz CT molecular complexity index is 1710. The molecule has 1 saturated heterocycles. The number of hydrogen-bond donors (Lipinski definition) is 2. The van der Waals surface area contributed by atoms with Crippen molar-refractivity contribution in [2.45, 2.75) is 62.2 Å². The van der Waals surface area contributed by atoms with Crippen molar-refractivity contribution in [3.63, 3.8) is 0 Å². The summed E-state index contributed by atoms with van der Waals surface area (Å²) in [6.45, 7) is 5.85. The Morgan fingerprint density at radius 1 is 0.896 bits per heavy atom. The number of carbonyl (C=O) groups excluding carboxylic acids is 1. The van der Waals surface area contributed by atoms with Crippen molar-refractivity contribution in [2.24, 2.45) is 0 Å². The van der Waals surface area contributed by atoms with Gasteiger partial charge in [0, 0.05) is 49.4 Å². The quantitative estimate of drug-likeness (QED) is 0.185. The number of halogens is 1. The van der Waals surface area contributed by atoms with Gasteiger partial charge in [0.05, 0.1) is 11.0 Å². The maximum atomic E-state index is 15.5. The van der Waals surface area contributed by atoms with Crippen molar-refractivity contribution in [3.8, 4) is 0 Å². The highest BCUT2D eigenvalue weighted by molar-refractivity contribution is 7.89. The molecule has 0 aliphatic carbocycles. The number of nitrogens with one attached hydrogen (secondary N) is 1. The lowest BCUT2D eigenvalue weighted by molar-refractivity contribution is 0.0127.